The quantitative estimate of drug-likeness (QED) is 0.705. The van der Waals surface area contributed by atoms with Crippen molar-refractivity contribution in [3.8, 4) is 0 Å². The third kappa shape index (κ3) is 3.45. The van der Waals surface area contributed by atoms with Crippen LogP contribution in [0, 0.1) is 11.3 Å². The van der Waals surface area contributed by atoms with E-state index in [4.69, 9.17) is 0 Å². The van der Waals surface area contributed by atoms with Gasteiger partial charge < -0.3 is 9.64 Å². The van der Waals surface area contributed by atoms with Gasteiger partial charge in [-0.3, -0.25) is 9.59 Å². The zero-order chi connectivity index (χ0) is 13.1. The molecule has 0 saturated heterocycles. The highest BCUT2D eigenvalue weighted by molar-refractivity contribution is 5.80. The Morgan fingerprint density at radius 2 is 2.06 bits per heavy atom. The molecule has 0 aromatic rings. The molecule has 0 spiro atoms. The van der Waals surface area contributed by atoms with E-state index in [1.54, 1.807) is 11.9 Å². The summed E-state index contributed by atoms with van der Waals surface area (Å²) in [6, 6.07) is 0. The second-order valence-electron chi connectivity index (χ2n) is 5.52. The van der Waals surface area contributed by atoms with Crippen LogP contribution in [0.15, 0.2) is 0 Å². The number of amides is 1. The number of hydrogen-bond donors (Lipinski definition) is 0. The van der Waals surface area contributed by atoms with Crippen LogP contribution in [0.5, 0.6) is 0 Å². The van der Waals surface area contributed by atoms with E-state index in [1.165, 1.54) is 7.11 Å². The van der Waals surface area contributed by atoms with Crippen molar-refractivity contribution in [3.05, 3.63) is 0 Å². The summed E-state index contributed by atoms with van der Waals surface area (Å²) >= 11 is 0. The Balaban J connectivity index is 2.49. The molecular weight excluding hydrogens is 218 g/mol. The third-order valence-electron chi connectivity index (χ3n) is 3.81. The highest BCUT2D eigenvalue weighted by atomic mass is 16.5. The molecular formula is C13H23NO3. The first-order valence-electron chi connectivity index (χ1n) is 6.20. The number of carbonyl (C=O) groups is 2. The lowest BCUT2D eigenvalue weighted by molar-refractivity contribution is -0.142. The molecule has 17 heavy (non-hydrogen) atoms. The van der Waals surface area contributed by atoms with Crippen LogP contribution in [0.4, 0.5) is 0 Å². The summed E-state index contributed by atoms with van der Waals surface area (Å²) in [7, 11) is 3.13. The van der Waals surface area contributed by atoms with Gasteiger partial charge in [0.1, 0.15) is 0 Å². The Bertz CT molecular complexity index is 299. The topological polar surface area (TPSA) is 46.6 Å². The zero-order valence-electron chi connectivity index (χ0n) is 11.3. The highest BCUT2D eigenvalue weighted by Gasteiger charge is 2.40. The number of carbonyl (C=O) groups excluding carboxylic acids is 2. The van der Waals surface area contributed by atoms with Crippen LogP contribution in [0.3, 0.4) is 0 Å². The van der Waals surface area contributed by atoms with Crippen molar-refractivity contribution in [1.82, 2.24) is 4.90 Å². The van der Waals surface area contributed by atoms with Gasteiger partial charge in [-0.25, -0.2) is 0 Å². The minimum Gasteiger partial charge on any atom is -0.469 e. The van der Waals surface area contributed by atoms with Crippen LogP contribution in [0.25, 0.3) is 0 Å². The van der Waals surface area contributed by atoms with Crippen LogP contribution in [0.2, 0.25) is 0 Å². The second-order valence-corrected chi connectivity index (χ2v) is 5.52. The summed E-state index contributed by atoms with van der Waals surface area (Å²) in [6.45, 7) is 4.74. The normalized spacial score (nSPS) is 22.2. The first-order valence-corrected chi connectivity index (χ1v) is 6.20. The van der Waals surface area contributed by atoms with Gasteiger partial charge in [-0.2, -0.15) is 0 Å². The minimum atomic E-state index is -0.268. The molecule has 1 atom stereocenters. The molecule has 1 unspecified atom stereocenters. The van der Waals surface area contributed by atoms with Crippen molar-refractivity contribution in [3.63, 3.8) is 0 Å². The molecule has 4 heteroatoms. The molecule has 1 aliphatic rings. The Labute approximate surface area is 103 Å². The number of methoxy groups -OCH3 is 1. The van der Waals surface area contributed by atoms with E-state index in [0.29, 0.717) is 6.54 Å². The van der Waals surface area contributed by atoms with Crippen LogP contribution >= 0.6 is 0 Å². The molecule has 1 fully saturated rings. The maximum atomic E-state index is 12.2. The number of nitrogens with zero attached hydrogens (tertiary/aromatic N) is 1. The maximum Gasteiger partial charge on any atom is 0.307 e. The molecule has 1 rings (SSSR count). The molecule has 0 N–H and O–H groups in total. The highest BCUT2D eigenvalue weighted by Crippen LogP contribution is 2.43. The lowest BCUT2D eigenvalue weighted by atomic mass is 9.81. The molecule has 98 valence electrons. The van der Waals surface area contributed by atoms with Crippen LogP contribution in [-0.4, -0.2) is 37.5 Å². The predicted molar refractivity (Wildman–Crippen MR) is 65.4 cm³/mol. The zero-order valence-corrected chi connectivity index (χ0v) is 11.3. The fraction of sp³-hybridized carbons (Fsp3) is 0.846. The van der Waals surface area contributed by atoms with Crippen molar-refractivity contribution in [1.29, 1.82) is 0 Å². The minimum absolute atomic E-state index is 0.0939. The van der Waals surface area contributed by atoms with Gasteiger partial charge in [-0.15, -0.1) is 0 Å². The number of ether oxygens (including phenoxy) is 1. The third-order valence-corrected chi connectivity index (χ3v) is 3.81. The van der Waals surface area contributed by atoms with E-state index in [9.17, 15) is 9.59 Å². The first-order chi connectivity index (χ1) is 7.88. The van der Waals surface area contributed by atoms with E-state index < -0.39 is 0 Å². The summed E-state index contributed by atoms with van der Waals surface area (Å²) < 4.78 is 4.57. The maximum absolute atomic E-state index is 12.2. The molecule has 1 aliphatic carbocycles. The van der Waals surface area contributed by atoms with Gasteiger partial charge >= 0.3 is 5.97 Å². The molecule has 0 radical (unpaired) electrons. The molecule has 1 saturated carbocycles. The number of rotatable bonds is 4. The van der Waals surface area contributed by atoms with E-state index in [2.05, 4.69) is 18.6 Å². The van der Waals surface area contributed by atoms with Crippen molar-refractivity contribution >= 4 is 11.9 Å². The van der Waals surface area contributed by atoms with Gasteiger partial charge in [0, 0.05) is 19.5 Å². The Hall–Kier alpha value is -1.06. The van der Waals surface area contributed by atoms with Gasteiger partial charge in [0.2, 0.25) is 5.91 Å². The lowest BCUT2D eigenvalue weighted by Crippen LogP contribution is -2.38. The van der Waals surface area contributed by atoms with E-state index in [0.717, 1.165) is 19.3 Å². The lowest BCUT2D eigenvalue weighted by Gasteiger charge is -2.29. The number of esters is 1. The first kappa shape index (κ1) is 14.0. The second kappa shape index (κ2) is 5.52. The van der Waals surface area contributed by atoms with E-state index in [1.807, 2.05) is 0 Å². The van der Waals surface area contributed by atoms with Crippen molar-refractivity contribution in [2.75, 3.05) is 20.7 Å². The van der Waals surface area contributed by atoms with Gasteiger partial charge in [-0.1, -0.05) is 20.3 Å². The largest absolute Gasteiger partial charge is 0.469 e. The fourth-order valence-electron chi connectivity index (χ4n) is 2.52. The number of hydrogen-bond acceptors (Lipinski definition) is 3. The average Bonchev–Trinajstić information content (AvgIpc) is 2.64. The summed E-state index contributed by atoms with van der Waals surface area (Å²) in [6.07, 6.45) is 3.46. The Morgan fingerprint density at radius 1 is 1.41 bits per heavy atom. The van der Waals surface area contributed by atoms with Gasteiger partial charge in [0.25, 0.3) is 0 Å². The summed E-state index contributed by atoms with van der Waals surface area (Å²) in [5.74, 6) is -0.00289. The van der Waals surface area contributed by atoms with Crippen molar-refractivity contribution < 1.29 is 14.3 Å². The SMILES string of the molecule is COC(=O)CCN(C)C(=O)C1CCCC1(C)C. The fourth-order valence-corrected chi connectivity index (χ4v) is 2.52. The van der Waals surface area contributed by atoms with Crippen molar-refractivity contribution in [2.45, 2.75) is 39.5 Å². The molecule has 0 aromatic carbocycles. The summed E-state index contributed by atoms with van der Waals surface area (Å²) in [5.41, 5.74) is 0.0939. The Kier molecular flexibility index (Phi) is 4.54. The van der Waals surface area contributed by atoms with Crippen molar-refractivity contribution in [2.24, 2.45) is 11.3 Å². The molecule has 0 aliphatic heterocycles. The van der Waals surface area contributed by atoms with Crippen LogP contribution < -0.4 is 0 Å². The molecule has 0 heterocycles. The van der Waals surface area contributed by atoms with E-state index in [-0.39, 0.29) is 29.6 Å². The average molecular weight is 241 g/mol. The smallest absolute Gasteiger partial charge is 0.307 e. The predicted octanol–water partition coefficient (Wildman–Crippen LogP) is 1.83. The molecule has 1 amide bonds. The summed E-state index contributed by atoms with van der Waals surface area (Å²) in [5, 5.41) is 0. The van der Waals surface area contributed by atoms with Crippen LogP contribution in [-0.2, 0) is 14.3 Å². The van der Waals surface area contributed by atoms with Gasteiger partial charge in [-0.05, 0) is 18.3 Å². The molecule has 4 nitrogen and oxygen atoms in total. The van der Waals surface area contributed by atoms with Gasteiger partial charge in [0.05, 0.1) is 13.5 Å². The standard InChI is InChI=1S/C13H23NO3/c1-13(2)8-5-6-10(13)12(16)14(3)9-7-11(15)17-4/h10H,5-9H2,1-4H3. The van der Waals surface area contributed by atoms with Crippen LogP contribution in [0.1, 0.15) is 39.5 Å². The Morgan fingerprint density at radius 3 is 2.53 bits per heavy atom. The molecule has 0 bridgehead atoms. The monoisotopic (exact) mass is 241 g/mol. The van der Waals surface area contributed by atoms with E-state index >= 15 is 0 Å². The van der Waals surface area contributed by atoms with Gasteiger partial charge in [0.15, 0.2) is 0 Å². The molecule has 0 aromatic heterocycles. The summed E-state index contributed by atoms with van der Waals surface area (Å²) in [4.78, 5) is 24.9.